The highest BCUT2D eigenvalue weighted by molar-refractivity contribution is 7.09. The predicted molar refractivity (Wildman–Crippen MR) is 83.6 cm³/mol. The molecule has 2 aromatic heterocycles. The molecule has 1 atom stereocenters. The third-order valence-electron chi connectivity index (χ3n) is 3.34. The quantitative estimate of drug-likeness (QED) is 0.671. The Kier molecular flexibility index (Phi) is 4.52. The summed E-state index contributed by atoms with van der Waals surface area (Å²) in [7, 11) is 0. The van der Waals surface area contributed by atoms with Gasteiger partial charge in [-0.25, -0.2) is 4.98 Å². The first kappa shape index (κ1) is 15.1. The highest BCUT2D eigenvalue weighted by Gasteiger charge is 2.20. The molecule has 108 valence electrons. The molecule has 0 saturated carbocycles. The van der Waals surface area contributed by atoms with Crippen molar-refractivity contribution in [2.75, 3.05) is 0 Å². The van der Waals surface area contributed by atoms with Gasteiger partial charge < -0.3 is 0 Å². The summed E-state index contributed by atoms with van der Waals surface area (Å²) in [6.07, 6.45) is 4.46. The maximum atomic E-state index is 5.72. The molecule has 0 aromatic carbocycles. The number of nitrogens with zero attached hydrogens (tertiary/aromatic N) is 2. The summed E-state index contributed by atoms with van der Waals surface area (Å²) in [5.41, 5.74) is 6.44. The summed E-state index contributed by atoms with van der Waals surface area (Å²) in [6, 6.07) is 2.08. The number of hydrogen-bond acceptors (Lipinski definition) is 5. The van der Waals surface area contributed by atoms with E-state index < -0.39 is 0 Å². The van der Waals surface area contributed by atoms with Crippen LogP contribution < -0.4 is 11.3 Å². The summed E-state index contributed by atoms with van der Waals surface area (Å²) >= 11 is 1.70. The topological polar surface area (TPSA) is 63.8 Å². The molecule has 0 aliphatic carbocycles. The lowest BCUT2D eigenvalue weighted by atomic mass is 9.93. The SMILES string of the molecule is Cc1cnccc1C(Cc1nc(C(C)(C)C)cs1)NN. The first-order chi connectivity index (χ1) is 9.41. The van der Waals surface area contributed by atoms with Crippen molar-refractivity contribution in [2.24, 2.45) is 5.84 Å². The second kappa shape index (κ2) is 5.99. The molecule has 0 aliphatic rings. The highest BCUT2D eigenvalue weighted by Crippen LogP contribution is 2.27. The molecule has 3 N–H and O–H groups in total. The van der Waals surface area contributed by atoms with Gasteiger partial charge in [0.1, 0.15) is 0 Å². The van der Waals surface area contributed by atoms with Crippen LogP contribution in [0, 0.1) is 6.92 Å². The molecule has 0 aliphatic heterocycles. The van der Waals surface area contributed by atoms with Crippen LogP contribution in [0.25, 0.3) is 0 Å². The fraction of sp³-hybridized carbons (Fsp3) is 0.467. The first-order valence-corrected chi connectivity index (χ1v) is 7.61. The Hall–Kier alpha value is -1.30. The number of rotatable bonds is 4. The van der Waals surface area contributed by atoms with Crippen molar-refractivity contribution in [1.29, 1.82) is 0 Å². The fourth-order valence-corrected chi connectivity index (χ4v) is 3.13. The zero-order valence-electron chi connectivity index (χ0n) is 12.5. The average molecular weight is 290 g/mol. The van der Waals surface area contributed by atoms with Crippen molar-refractivity contribution in [1.82, 2.24) is 15.4 Å². The minimum Gasteiger partial charge on any atom is -0.271 e. The Morgan fingerprint density at radius 3 is 2.70 bits per heavy atom. The van der Waals surface area contributed by atoms with Gasteiger partial charge in [0.15, 0.2) is 0 Å². The van der Waals surface area contributed by atoms with Gasteiger partial charge in [0.25, 0.3) is 0 Å². The van der Waals surface area contributed by atoms with E-state index >= 15 is 0 Å². The molecule has 0 spiro atoms. The minimum absolute atomic E-state index is 0.0666. The largest absolute Gasteiger partial charge is 0.271 e. The number of pyridine rings is 1. The Labute approximate surface area is 124 Å². The van der Waals surface area contributed by atoms with Crippen molar-refractivity contribution in [3.8, 4) is 0 Å². The number of hydrazine groups is 1. The lowest BCUT2D eigenvalue weighted by Gasteiger charge is -2.17. The van der Waals surface area contributed by atoms with Crippen molar-refractivity contribution in [3.63, 3.8) is 0 Å². The minimum atomic E-state index is 0.0666. The number of nitrogens with one attached hydrogen (secondary N) is 1. The Morgan fingerprint density at radius 1 is 1.40 bits per heavy atom. The molecule has 0 fully saturated rings. The molecule has 0 radical (unpaired) electrons. The van der Waals surface area contributed by atoms with Gasteiger partial charge in [-0.15, -0.1) is 11.3 Å². The van der Waals surface area contributed by atoms with Crippen LogP contribution in [0.4, 0.5) is 0 Å². The number of hydrogen-bond donors (Lipinski definition) is 2. The predicted octanol–water partition coefficient (Wildman–Crippen LogP) is 2.89. The van der Waals surface area contributed by atoms with E-state index in [1.165, 1.54) is 5.56 Å². The molecule has 2 aromatic rings. The molecular formula is C15H22N4S. The molecule has 0 bridgehead atoms. The molecule has 2 heterocycles. The van der Waals surface area contributed by atoms with Crippen LogP contribution in [0.2, 0.25) is 0 Å². The first-order valence-electron chi connectivity index (χ1n) is 6.73. The number of thiazole rings is 1. The highest BCUT2D eigenvalue weighted by atomic mass is 32.1. The van der Waals surface area contributed by atoms with Gasteiger partial charge in [-0.05, 0) is 24.1 Å². The standard InChI is InChI=1S/C15H22N4S/c1-10-8-17-6-5-11(10)12(19-16)7-14-18-13(9-20-14)15(2,3)4/h5-6,8-9,12,19H,7,16H2,1-4H3. The van der Waals surface area contributed by atoms with Crippen molar-refractivity contribution in [3.05, 3.63) is 45.7 Å². The van der Waals surface area contributed by atoms with Gasteiger partial charge in [0, 0.05) is 29.6 Å². The Morgan fingerprint density at radius 2 is 2.15 bits per heavy atom. The van der Waals surface area contributed by atoms with Crippen LogP contribution in [0.15, 0.2) is 23.8 Å². The van der Waals surface area contributed by atoms with Crippen LogP contribution in [-0.2, 0) is 11.8 Å². The van der Waals surface area contributed by atoms with Crippen LogP contribution >= 0.6 is 11.3 Å². The third kappa shape index (κ3) is 3.42. The van der Waals surface area contributed by atoms with Gasteiger partial charge in [0.2, 0.25) is 0 Å². The molecular weight excluding hydrogens is 268 g/mol. The zero-order chi connectivity index (χ0) is 14.8. The number of nitrogens with two attached hydrogens (primary N) is 1. The summed E-state index contributed by atoms with van der Waals surface area (Å²) < 4.78 is 0. The Balaban J connectivity index is 2.19. The van der Waals surface area contributed by atoms with E-state index in [-0.39, 0.29) is 11.5 Å². The lowest BCUT2D eigenvalue weighted by molar-refractivity contribution is 0.538. The monoisotopic (exact) mass is 290 g/mol. The molecule has 5 heteroatoms. The van der Waals surface area contributed by atoms with E-state index in [0.29, 0.717) is 0 Å². The Bertz CT molecular complexity index is 571. The van der Waals surface area contributed by atoms with Crippen molar-refractivity contribution >= 4 is 11.3 Å². The summed E-state index contributed by atoms with van der Waals surface area (Å²) in [4.78, 5) is 8.86. The van der Waals surface area contributed by atoms with E-state index in [0.717, 1.165) is 22.7 Å². The van der Waals surface area contributed by atoms with E-state index in [1.54, 1.807) is 17.5 Å². The van der Waals surface area contributed by atoms with Crippen molar-refractivity contribution < 1.29 is 0 Å². The number of aryl methyl sites for hydroxylation is 1. The maximum Gasteiger partial charge on any atom is 0.0948 e. The molecule has 2 rings (SSSR count). The van der Waals surface area contributed by atoms with Crippen LogP contribution in [0.1, 0.15) is 48.6 Å². The molecule has 0 amide bonds. The average Bonchev–Trinajstić information content (AvgIpc) is 2.85. The van der Waals surface area contributed by atoms with Gasteiger partial charge in [-0.3, -0.25) is 16.3 Å². The lowest BCUT2D eigenvalue weighted by Crippen LogP contribution is -2.30. The van der Waals surface area contributed by atoms with Gasteiger partial charge in [-0.1, -0.05) is 20.8 Å². The normalized spacial score (nSPS) is 13.4. The fourth-order valence-electron chi connectivity index (χ4n) is 2.06. The summed E-state index contributed by atoms with van der Waals surface area (Å²) in [5.74, 6) is 5.72. The van der Waals surface area contributed by atoms with Crippen molar-refractivity contribution in [2.45, 2.75) is 45.6 Å². The molecule has 4 nitrogen and oxygen atoms in total. The smallest absolute Gasteiger partial charge is 0.0948 e. The molecule has 20 heavy (non-hydrogen) atoms. The van der Waals surface area contributed by atoms with E-state index in [9.17, 15) is 0 Å². The van der Waals surface area contributed by atoms with Crippen LogP contribution in [-0.4, -0.2) is 9.97 Å². The van der Waals surface area contributed by atoms with Gasteiger partial charge in [0.05, 0.1) is 16.7 Å². The van der Waals surface area contributed by atoms with Gasteiger partial charge >= 0.3 is 0 Å². The summed E-state index contributed by atoms with van der Waals surface area (Å²) in [5, 5.41) is 3.25. The maximum absolute atomic E-state index is 5.72. The van der Waals surface area contributed by atoms with E-state index in [2.05, 4.69) is 43.5 Å². The second-order valence-electron chi connectivity index (χ2n) is 6.03. The van der Waals surface area contributed by atoms with E-state index in [4.69, 9.17) is 10.8 Å². The zero-order valence-corrected chi connectivity index (χ0v) is 13.3. The molecule has 1 unspecified atom stereocenters. The van der Waals surface area contributed by atoms with E-state index in [1.807, 2.05) is 12.3 Å². The third-order valence-corrected chi connectivity index (χ3v) is 4.21. The second-order valence-corrected chi connectivity index (χ2v) is 6.97. The molecule has 0 saturated heterocycles. The van der Waals surface area contributed by atoms with Crippen LogP contribution in [0.5, 0.6) is 0 Å². The van der Waals surface area contributed by atoms with Crippen LogP contribution in [0.3, 0.4) is 0 Å². The van der Waals surface area contributed by atoms with Gasteiger partial charge in [-0.2, -0.15) is 0 Å². The summed E-state index contributed by atoms with van der Waals surface area (Å²) in [6.45, 7) is 8.58. The number of aromatic nitrogens is 2.